The lowest BCUT2D eigenvalue weighted by molar-refractivity contribution is 0.0938. The maximum absolute atomic E-state index is 12.8. The van der Waals surface area contributed by atoms with Crippen molar-refractivity contribution in [3.05, 3.63) is 58.5 Å². The number of nitrogens with one attached hydrogen (secondary N) is 2. The van der Waals surface area contributed by atoms with Gasteiger partial charge in [0.05, 0.1) is 11.6 Å². The molecule has 2 aromatic heterocycles. The quantitative estimate of drug-likeness (QED) is 0.756. The average Bonchev–Trinajstić information content (AvgIpc) is 3.33. The molecule has 4 rings (SSSR count). The molecular weight excluding hydrogens is 330 g/mol. The van der Waals surface area contributed by atoms with Gasteiger partial charge in [-0.25, -0.2) is 0 Å². The van der Waals surface area contributed by atoms with Crippen molar-refractivity contribution in [2.45, 2.75) is 44.7 Å². The third kappa shape index (κ3) is 2.89. The SMILES string of the molecule is C[C@@H](NC(=O)c1c[nH]c(=O)c2ccccc12)c1nncn1C1CCCC1. The molecule has 2 N–H and O–H groups in total. The molecule has 3 aromatic rings. The van der Waals surface area contributed by atoms with Gasteiger partial charge < -0.3 is 14.9 Å². The molecule has 1 aliphatic carbocycles. The standard InChI is InChI=1S/C19H21N5O2/c1-12(17-23-21-11-24(17)13-6-2-3-7-13)22-19(26)16-10-20-18(25)15-9-5-4-8-14(15)16/h4-5,8-13H,2-3,6-7H2,1H3,(H,20,25)(H,22,26)/t12-/m1/s1. The number of hydrogen-bond acceptors (Lipinski definition) is 4. The first kappa shape index (κ1) is 16.5. The van der Waals surface area contributed by atoms with Crippen LogP contribution in [-0.4, -0.2) is 25.7 Å². The second-order valence-corrected chi connectivity index (χ2v) is 6.81. The third-order valence-corrected chi connectivity index (χ3v) is 5.11. The van der Waals surface area contributed by atoms with Gasteiger partial charge in [-0.15, -0.1) is 10.2 Å². The number of aromatic amines is 1. The molecule has 0 spiro atoms. The number of pyridine rings is 1. The number of aromatic nitrogens is 4. The van der Waals surface area contributed by atoms with Crippen LogP contribution in [0.3, 0.4) is 0 Å². The van der Waals surface area contributed by atoms with E-state index < -0.39 is 0 Å². The molecule has 1 amide bonds. The lowest BCUT2D eigenvalue weighted by Gasteiger charge is -2.19. The fraction of sp³-hybridized carbons (Fsp3) is 0.368. The Hall–Kier alpha value is -2.96. The van der Waals surface area contributed by atoms with Gasteiger partial charge in [0.15, 0.2) is 5.82 Å². The average molecular weight is 351 g/mol. The Labute approximate surface area is 150 Å². The van der Waals surface area contributed by atoms with Crippen LogP contribution in [0.25, 0.3) is 10.8 Å². The Morgan fingerprint density at radius 2 is 2.00 bits per heavy atom. The fourth-order valence-corrected chi connectivity index (χ4v) is 3.76. The summed E-state index contributed by atoms with van der Waals surface area (Å²) in [5, 5.41) is 12.4. The third-order valence-electron chi connectivity index (χ3n) is 5.11. The molecule has 2 heterocycles. The first-order chi connectivity index (χ1) is 12.6. The normalized spacial score (nSPS) is 16.0. The highest BCUT2D eigenvalue weighted by atomic mass is 16.2. The van der Waals surface area contributed by atoms with Crippen LogP contribution < -0.4 is 10.9 Å². The predicted octanol–water partition coefficient (Wildman–Crippen LogP) is 2.73. The van der Waals surface area contributed by atoms with E-state index in [1.807, 2.05) is 13.0 Å². The zero-order valence-electron chi connectivity index (χ0n) is 14.6. The van der Waals surface area contributed by atoms with Gasteiger partial charge in [-0.2, -0.15) is 0 Å². The highest BCUT2D eigenvalue weighted by Gasteiger charge is 2.24. The summed E-state index contributed by atoms with van der Waals surface area (Å²) in [4.78, 5) is 27.4. The maximum Gasteiger partial charge on any atom is 0.255 e. The van der Waals surface area contributed by atoms with Gasteiger partial charge in [-0.3, -0.25) is 9.59 Å². The summed E-state index contributed by atoms with van der Waals surface area (Å²) in [5.41, 5.74) is 0.241. The number of nitrogens with zero attached hydrogens (tertiary/aromatic N) is 3. The molecule has 1 fully saturated rings. The maximum atomic E-state index is 12.8. The van der Waals surface area contributed by atoms with E-state index in [-0.39, 0.29) is 17.5 Å². The van der Waals surface area contributed by atoms with Crippen LogP contribution in [0.4, 0.5) is 0 Å². The summed E-state index contributed by atoms with van der Waals surface area (Å²) in [6.07, 6.45) is 7.89. The van der Waals surface area contributed by atoms with Gasteiger partial charge in [0, 0.05) is 23.0 Å². The number of fused-ring (bicyclic) bond motifs is 1. The summed E-state index contributed by atoms with van der Waals surface area (Å²) >= 11 is 0. The van der Waals surface area contributed by atoms with Gasteiger partial charge in [0.1, 0.15) is 6.33 Å². The summed E-state index contributed by atoms with van der Waals surface area (Å²) < 4.78 is 2.09. The molecular formula is C19H21N5O2. The minimum absolute atomic E-state index is 0.203. The van der Waals surface area contributed by atoms with Gasteiger partial charge in [0.25, 0.3) is 11.5 Å². The first-order valence-corrected chi connectivity index (χ1v) is 8.96. The Morgan fingerprint density at radius 3 is 2.77 bits per heavy atom. The smallest absolute Gasteiger partial charge is 0.255 e. The van der Waals surface area contributed by atoms with E-state index in [1.54, 1.807) is 24.5 Å². The zero-order valence-corrected chi connectivity index (χ0v) is 14.6. The summed E-state index contributed by atoms with van der Waals surface area (Å²) in [7, 11) is 0. The Kier molecular flexibility index (Phi) is 4.28. The number of hydrogen-bond donors (Lipinski definition) is 2. The monoisotopic (exact) mass is 351 g/mol. The fourth-order valence-electron chi connectivity index (χ4n) is 3.76. The highest BCUT2D eigenvalue weighted by Crippen LogP contribution is 2.31. The number of benzene rings is 1. The van der Waals surface area contributed by atoms with Crippen molar-refractivity contribution in [2.75, 3.05) is 0 Å². The van der Waals surface area contributed by atoms with Crippen molar-refractivity contribution in [1.29, 1.82) is 0 Å². The van der Waals surface area contributed by atoms with E-state index in [2.05, 4.69) is 25.1 Å². The zero-order chi connectivity index (χ0) is 18.1. The number of H-pyrrole nitrogens is 1. The number of carbonyl (C=O) groups is 1. The van der Waals surface area contributed by atoms with Gasteiger partial charge >= 0.3 is 0 Å². The highest BCUT2D eigenvalue weighted by molar-refractivity contribution is 6.06. The molecule has 1 atom stereocenters. The molecule has 0 bridgehead atoms. The molecule has 134 valence electrons. The van der Waals surface area contributed by atoms with Crippen molar-refractivity contribution >= 4 is 16.7 Å². The van der Waals surface area contributed by atoms with Crippen LogP contribution in [0.2, 0.25) is 0 Å². The number of amides is 1. The van der Waals surface area contributed by atoms with Gasteiger partial charge in [-0.1, -0.05) is 31.0 Å². The number of carbonyl (C=O) groups excluding carboxylic acids is 1. The summed E-state index contributed by atoms with van der Waals surface area (Å²) in [6.45, 7) is 1.90. The van der Waals surface area contributed by atoms with E-state index in [1.165, 1.54) is 19.0 Å². The van der Waals surface area contributed by atoms with Crippen LogP contribution in [0.1, 0.15) is 60.9 Å². The molecule has 0 aliphatic heterocycles. The van der Waals surface area contributed by atoms with Crippen LogP contribution in [0.15, 0.2) is 41.6 Å². The van der Waals surface area contributed by atoms with Gasteiger partial charge in [0.2, 0.25) is 0 Å². The predicted molar refractivity (Wildman–Crippen MR) is 98.0 cm³/mol. The van der Waals surface area contributed by atoms with Crippen molar-refractivity contribution < 1.29 is 4.79 Å². The first-order valence-electron chi connectivity index (χ1n) is 8.96. The second kappa shape index (κ2) is 6.74. The molecule has 1 saturated carbocycles. The molecule has 0 radical (unpaired) electrons. The number of rotatable bonds is 4. The van der Waals surface area contributed by atoms with E-state index >= 15 is 0 Å². The largest absolute Gasteiger partial charge is 0.342 e. The molecule has 7 heteroatoms. The topological polar surface area (TPSA) is 92.7 Å². The van der Waals surface area contributed by atoms with Crippen LogP contribution in [-0.2, 0) is 0 Å². The Morgan fingerprint density at radius 1 is 1.27 bits per heavy atom. The molecule has 7 nitrogen and oxygen atoms in total. The van der Waals surface area contributed by atoms with Crippen LogP contribution >= 0.6 is 0 Å². The van der Waals surface area contributed by atoms with Crippen LogP contribution in [0.5, 0.6) is 0 Å². The second-order valence-electron chi connectivity index (χ2n) is 6.81. The summed E-state index contributed by atoms with van der Waals surface area (Å²) in [5.74, 6) is 0.518. The Balaban J connectivity index is 1.60. The molecule has 0 saturated heterocycles. The van der Waals surface area contributed by atoms with Crippen molar-refractivity contribution in [3.8, 4) is 0 Å². The molecule has 1 aliphatic rings. The molecule has 1 aromatic carbocycles. The van der Waals surface area contributed by atoms with Gasteiger partial charge in [-0.05, 0) is 25.8 Å². The molecule has 0 unspecified atom stereocenters. The van der Waals surface area contributed by atoms with Crippen LogP contribution in [0, 0.1) is 0 Å². The van der Waals surface area contributed by atoms with E-state index in [0.29, 0.717) is 22.4 Å². The summed E-state index contributed by atoms with van der Waals surface area (Å²) in [6, 6.07) is 7.23. The molecule has 26 heavy (non-hydrogen) atoms. The minimum atomic E-state index is -0.281. The van der Waals surface area contributed by atoms with E-state index in [9.17, 15) is 9.59 Å². The lowest BCUT2D eigenvalue weighted by atomic mass is 10.1. The van der Waals surface area contributed by atoms with E-state index in [4.69, 9.17) is 0 Å². The minimum Gasteiger partial charge on any atom is -0.342 e. The van der Waals surface area contributed by atoms with Crippen molar-refractivity contribution in [2.24, 2.45) is 0 Å². The van der Waals surface area contributed by atoms with Crippen molar-refractivity contribution in [1.82, 2.24) is 25.1 Å². The lowest BCUT2D eigenvalue weighted by Crippen LogP contribution is -2.30. The Bertz CT molecular complexity index is 1000. The van der Waals surface area contributed by atoms with Crippen molar-refractivity contribution in [3.63, 3.8) is 0 Å². The van der Waals surface area contributed by atoms with E-state index in [0.717, 1.165) is 18.7 Å².